The van der Waals surface area contributed by atoms with Gasteiger partial charge in [-0.1, -0.05) is 0 Å². The fourth-order valence-electron chi connectivity index (χ4n) is 6.63. The van der Waals surface area contributed by atoms with Crippen LogP contribution in [0, 0.1) is 17.3 Å². The first kappa shape index (κ1) is 22.4. The Morgan fingerprint density at radius 1 is 0.969 bits per heavy atom. The van der Waals surface area contributed by atoms with Gasteiger partial charge in [-0.25, -0.2) is 0 Å². The van der Waals surface area contributed by atoms with E-state index in [1.165, 1.54) is 28.3 Å². The molecule has 32 heavy (non-hydrogen) atoms. The molecule has 0 radical (unpaired) electrons. The zero-order valence-electron chi connectivity index (χ0n) is 19.1. The molecule has 4 aliphatic rings. The van der Waals surface area contributed by atoms with Crippen molar-refractivity contribution >= 4 is 17.7 Å². The number of amides is 1. The fraction of sp³-hybridized carbons (Fsp3) is 0.625. The normalized spacial score (nSPS) is 29.9. The van der Waals surface area contributed by atoms with Gasteiger partial charge in [-0.3, -0.25) is 14.4 Å². The van der Waals surface area contributed by atoms with Crippen molar-refractivity contribution in [2.45, 2.75) is 51.0 Å². The van der Waals surface area contributed by atoms with Crippen molar-refractivity contribution < 1.29 is 33.3 Å². The highest BCUT2D eigenvalue weighted by atomic mass is 16.5. The first-order valence-corrected chi connectivity index (χ1v) is 11.0. The van der Waals surface area contributed by atoms with Gasteiger partial charge in [-0.15, -0.1) is 0 Å². The molecule has 1 amide bonds. The van der Waals surface area contributed by atoms with Gasteiger partial charge >= 0.3 is 5.97 Å². The minimum absolute atomic E-state index is 0.0620. The van der Waals surface area contributed by atoms with Crippen molar-refractivity contribution in [3.8, 4) is 17.2 Å². The summed E-state index contributed by atoms with van der Waals surface area (Å²) < 4.78 is 21.5. The van der Waals surface area contributed by atoms with E-state index < -0.39 is 5.41 Å². The maximum atomic E-state index is 13.3. The van der Waals surface area contributed by atoms with E-state index in [9.17, 15) is 14.4 Å². The van der Waals surface area contributed by atoms with Crippen LogP contribution in [0.15, 0.2) is 12.1 Å². The lowest BCUT2D eigenvalue weighted by atomic mass is 9.47. The third-order valence-corrected chi connectivity index (χ3v) is 7.26. The molecule has 4 fully saturated rings. The second kappa shape index (κ2) is 8.30. The summed E-state index contributed by atoms with van der Waals surface area (Å²) in [4.78, 5) is 37.9. The Balaban J connectivity index is 1.48. The smallest absolute Gasteiger partial charge is 0.312 e. The molecular weight excluding hydrogens is 414 g/mol. The zero-order chi connectivity index (χ0) is 23.1. The second-order valence-corrected chi connectivity index (χ2v) is 9.62. The highest BCUT2D eigenvalue weighted by Crippen LogP contribution is 2.62. The number of hydrogen-bond acceptors (Lipinski definition) is 7. The summed E-state index contributed by atoms with van der Waals surface area (Å²) in [6, 6.07) is 3.10. The largest absolute Gasteiger partial charge is 0.493 e. The lowest BCUT2D eigenvalue weighted by molar-refractivity contribution is -0.174. The molecule has 8 nitrogen and oxygen atoms in total. The van der Waals surface area contributed by atoms with E-state index in [0.717, 1.165) is 32.1 Å². The van der Waals surface area contributed by atoms with Crippen molar-refractivity contribution in [1.29, 1.82) is 0 Å². The van der Waals surface area contributed by atoms with Crippen molar-refractivity contribution in [1.82, 2.24) is 5.32 Å². The van der Waals surface area contributed by atoms with E-state index in [-0.39, 0.29) is 29.8 Å². The first-order chi connectivity index (χ1) is 15.2. The van der Waals surface area contributed by atoms with Crippen LogP contribution in [0.3, 0.4) is 0 Å². The third-order valence-electron chi connectivity index (χ3n) is 7.26. The van der Waals surface area contributed by atoms with E-state index >= 15 is 0 Å². The van der Waals surface area contributed by atoms with E-state index in [4.69, 9.17) is 18.9 Å². The van der Waals surface area contributed by atoms with Crippen molar-refractivity contribution in [3.05, 3.63) is 17.7 Å². The standard InChI is InChI=1S/C24H31NO7/c1-14(26)25-24-10-15-5-16(11-24)9-23(8-15,13-24)22(28)32-12-18(27)17-6-19(29-2)21(31-4)20(7-17)30-3/h6-7,15-16H,5,8-13H2,1-4H3,(H,25,26). The van der Waals surface area contributed by atoms with E-state index in [0.29, 0.717) is 41.1 Å². The summed E-state index contributed by atoms with van der Waals surface area (Å²) in [6.07, 6.45) is 5.06. The third kappa shape index (κ3) is 3.91. The van der Waals surface area contributed by atoms with E-state index in [1.807, 2.05) is 0 Å². The Kier molecular flexibility index (Phi) is 5.81. The minimum Gasteiger partial charge on any atom is -0.493 e. The monoisotopic (exact) mass is 445 g/mol. The number of methoxy groups -OCH3 is 3. The number of esters is 1. The van der Waals surface area contributed by atoms with Gasteiger partial charge in [-0.2, -0.15) is 0 Å². The molecule has 1 N–H and O–H groups in total. The molecule has 2 unspecified atom stereocenters. The molecule has 4 bridgehead atoms. The Bertz CT molecular complexity index is 901. The molecular formula is C24H31NO7. The predicted molar refractivity (Wildman–Crippen MR) is 115 cm³/mol. The number of carbonyl (C=O) groups excluding carboxylic acids is 3. The van der Waals surface area contributed by atoms with E-state index in [2.05, 4.69) is 5.32 Å². The Labute approximate surface area is 187 Å². The molecule has 8 heteroatoms. The number of carbonyl (C=O) groups is 3. The highest BCUT2D eigenvalue weighted by molar-refractivity contribution is 5.99. The highest BCUT2D eigenvalue weighted by Gasteiger charge is 2.61. The van der Waals surface area contributed by atoms with Gasteiger partial charge < -0.3 is 24.3 Å². The fourth-order valence-corrected chi connectivity index (χ4v) is 6.63. The van der Waals surface area contributed by atoms with Crippen LogP contribution in [0.2, 0.25) is 0 Å². The Hall–Kier alpha value is -2.77. The summed E-state index contributed by atoms with van der Waals surface area (Å²) in [6.45, 7) is 1.17. The number of ketones is 1. The van der Waals surface area contributed by atoms with Crippen molar-refractivity contribution in [2.75, 3.05) is 27.9 Å². The number of nitrogens with one attached hydrogen (secondary N) is 1. The van der Waals surface area contributed by atoms with Crippen LogP contribution in [-0.4, -0.2) is 51.1 Å². The van der Waals surface area contributed by atoms with Gasteiger partial charge in [-0.05, 0) is 62.5 Å². The van der Waals surface area contributed by atoms with Gasteiger partial charge in [0, 0.05) is 18.0 Å². The SMILES string of the molecule is COc1cc(C(=O)COC(=O)C23CC4CC(CC(NC(C)=O)(C4)C2)C3)cc(OC)c1OC. The summed E-state index contributed by atoms with van der Waals surface area (Å²) in [7, 11) is 4.44. The summed E-state index contributed by atoms with van der Waals surface area (Å²) >= 11 is 0. The van der Waals surface area contributed by atoms with Crippen LogP contribution >= 0.6 is 0 Å². The van der Waals surface area contributed by atoms with Crippen LogP contribution in [0.5, 0.6) is 17.2 Å². The van der Waals surface area contributed by atoms with Gasteiger partial charge in [0.15, 0.2) is 18.1 Å². The summed E-state index contributed by atoms with van der Waals surface area (Å²) in [5, 5.41) is 3.14. The van der Waals surface area contributed by atoms with Crippen LogP contribution < -0.4 is 19.5 Å². The lowest BCUT2D eigenvalue weighted by Crippen LogP contribution is -2.64. The maximum absolute atomic E-state index is 13.3. The van der Waals surface area contributed by atoms with Crippen molar-refractivity contribution in [2.24, 2.45) is 17.3 Å². The quantitative estimate of drug-likeness (QED) is 0.485. The average molecular weight is 446 g/mol. The lowest BCUT2D eigenvalue weighted by Gasteiger charge is -2.60. The van der Waals surface area contributed by atoms with Gasteiger partial charge in [0.2, 0.25) is 17.4 Å². The number of Topliss-reactive ketones (excluding diaryl/α,β-unsaturated/α-hetero) is 1. The molecule has 0 heterocycles. The minimum atomic E-state index is -0.623. The van der Waals surface area contributed by atoms with Crippen LogP contribution in [-0.2, 0) is 14.3 Å². The number of benzene rings is 1. The number of ether oxygens (including phenoxy) is 4. The predicted octanol–water partition coefficient (Wildman–Crippen LogP) is 2.91. The Morgan fingerprint density at radius 3 is 2.06 bits per heavy atom. The summed E-state index contributed by atoms with van der Waals surface area (Å²) in [5.41, 5.74) is -0.634. The van der Waals surface area contributed by atoms with Crippen LogP contribution in [0.25, 0.3) is 0 Å². The molecule has 4 aliphatic carbocycles. The van der Waals surface area contributed by atoms with E-state index in [1.54, 1.807) is 12.1 Å². The zero-order valence-corrected chi connectivity index (χ0v) is 19.1. The maximum Gasteiger partial charge on any atom is 0.312 e. The Morgan fingerprint density at radius 2 is 1.56 bits per heavy atom. The van der Waals surface area contributed by atoms with Gasteiger partial charge in [0.1, 0.15) is 0 Å². The molecule has 0 aliphatic heterocycles. The number of rotatable bonds is 8. The van der Waals surface area contributed by atoms with Gasteiger partial charge in [0.25, 0.3) is 0 Å². The number of hydrogen-bond donors (Lipinski definition) is 1. The van der Waals surface area contributed by atoms with Crippen LogP contribution in [0.4, 0.5) is 0 Å². The van der Waals surface area contributed by atoms with Crippen molar-refractivity contribution in [3.63, 3.8) is 0 Å². The summed E-state index contributed by atoms with van der Waals surface area (Å²) in [5.74, 6) is 1.18. The molecule has 0 aromatic heterocycles. The molecule has 1 aromatic rings. The molecule has 0 spiro atoms. The molecule has 2 atom stereocenters. The molecule has 5 rings (SSSR count). The van der Waals surface area contributed by atoms with Gasteiger partial charge in [0.05, 0.1) is 26.7 Å². The van der Waals surface area contributed by atoms with Crippen LogP contribution in [0.1, 0.15) is 55.8 Å². The molecule has 1 aromatic carbocycles. The molecule has 4 saturated carbocycles. The first-order valence-electron chi connectivity index (χ1n) is 11.0. The second-order valence-electron chi connectivity index (χ2n) is 9.62. The molecule has 174 valence electrons. The average Bonchev–Trinajstić information content (AvgIpc) is 2.74. The topological polar surface area (TPSA) is 100 Å². The molecule has 0 saturated heterocycles.